The molecular weight excluding hydrogens is 278 g/mol. The first-order chi connectivity index (χ1) is 10.6. The normalized spacial score (nSPS) is 19.7. The van der Waals surface area contributed by atoms with E-state index in [0.717, 1.165) is 5.56 Å². The first-order valence-electron chi connectivity index (χ1n) is 7.81. The summed E-state index contributed by atoms with van der Waals surface area (Å²) in [7, 11) is 0. The molecule has 0 fully saturated rings. The minimum Gasteiger partial charge on any atom is -0.465 e. The number of ether oxygens (including phenoxy) is 1. The van der Waals surface area contributed by atoms with Gasteiger partial charge in [-0.25, -0.2) is 0 Å². The molecule has 0 bridgehead atoms. The van der Waals surface area contributed by atoms with E-state index < -0.39 is 5.41 Å². The fourth-order valence-corrected chi connectivity index (χ4v) is 2.71. The third-order valence-electron chi connectivity index (χ3n) is 3.65. The SMILES string of the molecule is C=CCC1(C(=O)OCC)CCC(=O)Nc2ccccc21.CC. The Morgan fingerprint density at radius 2 is 2.09 bits per heavy atom. The Morgan fingerprint density at radius 1 is 1.41 bits per heavy atom. The van der Waals surface area contributed by atoms with Gasteiger partial charge < -0.3 is 10.1 Å². The maximum absolute atomic E-state index is 12.5. The van der Waals surface area contributed by atoms with Gasteiger partial charge in [0.25, 0.3) is 0 Å². The van der Waals surface area contributed by atoms with E-state index in [4.69, 9.17) is 4.74 Å². The highest BCUT2D eigenvalue weighted by Crippen LogP contribution is 2.41. The Balaban J connectivity index is 0.00000116. The molecule has 22 heavy (non-hydrogen) atoms. The van der Waals surface area contributed by atoms with Gasteiger partial charge in [-0.2, -0.15) is 0 Å². The predicted octanol–water partition coefficient (Wildman–Crippen LogP) is 3.82. The largest absolute Gasteiger partial charge is 0.465 e. The van der Waals surface area contributed by atoms with Gasteiger partial charge in [0.1, 0.15) is 0 Å². The van der Waals surface area contributed by atoms with Crippen LogP contribution in [0.25, 0.3) is 0 Å². The Morgan fingerprint density at radius 3 is 2.73 bits per heavy atom. The molecule has 0 radical (unpaired) electrons. The van der Waals surface area contributed by atoms with E-state index in [2.05, 4.69) is 11.9 Å². The van der Waals surface area contributed by atoms with Crippen molar-refractivity contribution < 1.29 is 14.3 Å². The second kappa shape index (κ2) is 8.37. The number of allylic oxidation sites excluding steroid dienone is 1. The van der Waals surface area contributed by atoms with Crippen molar-refractivity contribution in [2.45, 2.75) is 45.4 Å². The number of carbonyl (C=O) groups is 2. The number of anilines is 1. The molecule has 1 atom stereocenters. The summed E-state index contributed by atoms with van der Waals surface area (Å²) in [5, 5.41) is 2.85. The number of rotatable bonds is 4. The molecule has 1 N–H and O–H groups in total. The van der Waals surface area contributed by atoms with E-state index in [-0.39, 0.29) is 11.9 Å². The number of hydrogen-bond donors (Lipinski definition) is 1. The summed E-state index contributed by atoms with van der Waals surface area (Å²) in [5.41, 5.74) is 0.669. The number of para-hydroxylation sites is 1. The molecule has 1 aliphatic rings. The Hall–Kier alpha value is -2.10. The Labute approximate surface area is 132 Å². The van der Waals surface area contributed by atoms with Crippen LogP contribution in [0.5, 0.6) is 0 Å². The van der Waals surface area contributed by atoms with Crippen LogP contribution in [-0.4, -0.2) is 18.5 Å². The van der Waals surface area contributed by atoms with Crippen molar-refractivity contribution in [3.8, 4) is 0 Å². The van der Waals surface area contributed by atoms with E-state index in [1.54, 1.807) is 13.0 Å². The number of benzene rings is 1. The van der Waals surface area contributed by atoms with Crippen molar-refractivity contribution in [2.24, 2.45) is 0 Å². The van der Waals surface area contributed by atoms with Crippen LogP contribution < -0.4 is 5.32 Å². The predicted molar refractivity (Wildman–Crippen MR) is 88.8 cm³/mol. The van der Waals surface area contributed by atoms with Crippen LogP contribution in [0.15, 0.2) is 36.9 Å². The van der Waals surface area contributed by atoms with Gasteiger partial charge >= 0.3 is 5.97 Å². The van der Waals surface area contributed by atoms with Gasteiger partial charge in [-0.1, -0.05) is 38.1 Å². The van der Waals surface area contributed by atoms with Crippen molar-refractivity contribution >= 4 is 17.6 Å². The van der Waals surface area contributed by atoms with Gasteiger partial charge in [-0.3, -0.25) is 9.59 Å². The zero-order valence-electron chi connectivity index (χ0n) is 13.6. The molecule has 1 aromatic carbocycles. The van der Waals surface area contributed by atoms with Gasteiger partial charge in [-0.15, -0.1) is 6.58 Å². The van der Waals surface area contributed by atoms with E-state index in [1.165, 1.54) is 0 Å². The molecule has 1 amide bonds. The van der Waals surface area contributed by atoms with Crippen LogP contribution in [-0.2, 0) is 19.7 Å². The lowest BCUT2D eigenvalue weighted by atomic mass is 9.74. The molecule has 0 saturated heterocycles. The highest BCUT2D eigenvalue weighted by Gasteiger charge is 2.43. The van der Waals surface area contributed by atoms with Gasteiger partial charge in [-0.05, 0) is 31.4 Å². The summed E-state index contributed by atoms with van der Waals surface area (Å²) in [6.07, 6.45) is 2.89. The molecule has 120 valence electrons. The second-order valence-corrected chi connectivity index (χ2v) is 4.89. The zero-order chi connectivity index (χ0) is 16.6. The number of nitrogens with one attached hydrogen (secondary N) is 1. The molecule has 1 unspecified atom stereocenters. The van der Waals surface area contributed by atoms with Crippen molar-refractivity contribution in [1.29, 1.82) is 0 Å². The van der Waals surface area contributed by atoms with Gasteiger partial charge in [0, 0.05) is 12.1 Å². The third kappa shape index (κ3) is 3.56. The van der Waals surface area contributed by atoms with Gasteiger partial charge in [0.15, 0.2) is 0 Å². The summed E-state index contributed by atoms with van der Waals surface area (Å²) in [6, 6.07) is 7.40. The highest BCUT2D eigenvalue weighted by molar-refractivity contribution is 5.96. The molecule has 4 heteroatoms. The lowest BCUT2D eigenvalue weighted by molar-refractivity contribution is -0.150. The van der Waals surface area contributed by atoms with E-state index in [1.807, 2.05) is 38.1 Å². The smallest absolute Gasteiger partial charge is 0.316 e. The number of carbonyl (C=O) groups excluding carboxylic acids is 2. The fourth-order valence-electron chi connectivity index (χ4n) is 2.71. The third-order valence-corrected chi connectivity index (χ3v) is 3.65. The van der Waals surface area contributed by atoms with Crippen LogP contribution in [0.2, 0.25) is 0 Å². The molecular formula is C18H25NO3. The van der Waals surface area contributed by atoms with Crippen molar-refractivity contribution in [3.05, 3.63) is 42.5 Å². The molecule has 0 saturated carbocycles. The zero-order valence-corrected chi connectivity index (χ0v) is 13.6. The molecule has 0 aromatic heterocycles. The Kier molecular flexibility index (Phi) is 6.83. The minimum atomic E-state index is -0.826. The summed E-state index contributed by atoms with van der Waals surface area (Å²) in [5.74, 6) is -0.364. The number of esters is 1. The van der Waals surface area contributed by atoms with Crippen molar-refractivity contribution in [1.82, 2.24) is 0 Å². The summed E-state index contributed by atoms with van der Waals surface area (Å²) in [4.78, 5) is 24.4. The molecule has 0 aliphatic carbocycles. The summed E-state index contributed by atoms with van der Waals surface area (Å²) < 4.78 is 5.26. The first kappa shape index (κ1) is 18.0. The number of hydrogen-bond acceptors (Lipinski definition) is 3. The summed E-state index contributed by atoms with van der Waals surface area (Å²) in [6.45, 7) is 9.86. The molecule has 4 nitrogen and oxygen atoms in total. The van der Waals surface area contributed by atoms with Crippen LogP contribution >= 0.6 is 0 Å². The minimum absolute atomic E-state index is 0.0762. The average Bonchev–Trinajstić information content (AvgIpc) is 2.68. The summed E-state index contributed by atoms with van der Waals surface area (Å²) >= 11 is 0. The van der Waals surface area contributed by atoms with E-state index in [9.17, 15) is 9.59 Å². The molecule has 0 spiro atoms. The van der Waals surface area contributed by atoms with Crippen LogP contribution in [0.1, 0.15) is 45.6 Å². The molecule has 1 aliphatic heterocycles. The van der Waals surface area contributed by atoms with Gasteiger partial charge in [0.2, 0.25) is 5.91 Å². The maximum Gasteiger partial charge on any atom is 0.316 e. The highest BCUT2D eigenvalue weighted by atomic mass is 16.5. The molecule has 2 rings (SSSR count). The van der Waals surface area contributed by atoms with E-state index in [0.29, 0.717) is 31.6 Å². The maximum atomic E-state index is 12.5. The van der Waals surface area contributed by atoms with Crippen LogP contribution in [0, 0.1) is 0 Å². The topological polar surface area (TPSA) is 55.4 Å². The molecule has 1 heterocycles. The van der Waals surface area contributed by atoms with Crippen LogP contribution in [0.4, 0.5) is 5.69 Å². The standard InChI is InChI=1S/C16H19NO3.C2H6/c1-3-10-16(15(19)20-4-2)11-9-14(18)17-13-8-6-5-7-12(13)16;1-2/h3,5-8H,1,4,9-11H2,2H3,(H,17,18);1-2H3. The van der Waals surface area contributed by atoms with E-state index >= 15 is 0 Å². The first-order valence-corrected chi connectivity index (χ1v) is 7.81. The van der Waals surface area contributed by atoms with Crippen molar-refractivity contribution in [2.75, 3.05) is 11.9 Å². The lowest BCUT2D eigenvalue weighted by Gasteiger charge is -2.30. The Bertz CT molecular complexity index is 539. The second-order valence-electron chi connectivity index (χ2n) is 4.89. The quantitative estimate of drug-likeness (QED) is 0.679. The fraction of sp³-hybridized carbons (Fsp3) is 0.444. The molecule has 1 aromatic rings. The monoisotopic (exact) mass is 303 g/mol. The average molecular weight is 303 g/mol. The van der Waals surface area contributed by atoms with Crippen LogP contribution in [0.3, 0.4) is 0 Å². The van der Waals surface area contributed by atoms with Crippen molar-refractivity contribution in [3.63, 3.8) is 0 Å². The number of fused-ring (bicyclic) bond motifs is 1. The number of amides is 1. The lowest BCUT2D eigenvalue weighted by Crippen LogP contribution is -2.37. The van der Waals surface area contributed by atoms with Gasteiger partial charge in [0.05, 0.1) is 12.0 Å².